The van der Waals surface area contributed by atoms with Crippen LogP contribution in [0.3, 0.4) is 0 Å². The number of nitrogens with one attached hydrogen (secondary N) is 1. The number of piperazine rings is 1. The third-order valence-electron chi connectivity index (χ3n) is 4.88. The highest BCUT2D eigenvalue weighted by Crippen LogP contribution is 2.24. The van der Waals surface area contributed by atoms with E-state index in [0.717, 1.165) is 44.0 Å². The lowest BCUT2D eigenvalue weighted by Crippen LogP contribution is -2.48. The van der Waals surface area contributed by atoms with Gasteiger partial charge in [0.05, 0.1) is 0 Å². The summed E-state index contributed by atoms with van der Waals surface area (Å²) in [4.78, 5) is 17.1. The lowest BCUT2D eigenvalue weighted by molar-refractivity contribution is -0.274. The van der Waals surface area contributed by atoms with Gasteiger partial charge in [0.15, 0.2) is 0 Å². The highest BCUT2D eigenvalue weighted by atomic mass is 19.4. The van der Waals surface area contributed by atoms with E-state index in [0.29, 0.717) is 17.3 Å². The van der Waals surface area contributed by atoms with Crippen molar-refractivity contribution < 1.29 is 22.7 Å². The molecule has 0 saturated carbocycles. The van der Waals surface area contributed by atoms with Crippen LogP contribution in [0.2, 0.25) is 0 Å². The summed E-state index contributed by atoms with van der Waals surface area (Å²) in [7, 11) is 0. The normalized spacial score (nSPS) is 15.4. The smallest absolute Gasteiger partial charge is 0.406 e. The van der Waals surface area contributed by atoms with E-state index < -0.39 is 6.36 Å². The molecule has 5 nitrogen and oxygen atoms in total. The van der Waals surface area contributed by atoms with Crippen molar-refractivity contribution in [2.24, 2.45) is 0 Å². The molecule has 1 aliphatic rings. The molecule has 0 spiro atoms. The molecule has 156 valence electrons. The molecule has 3 rings (SSSR count). The molecule has 0 aliphatic carbocycles. The van der Waals surface area contributed by atoms with Gasteiger partial charge in [0, 0.05) is 49.2 Å². The maximum Gasteiger partial charge on any atom is 0.573 e. The van der Waals surface area contributed by atoms with Gasteiger partial charge in [-0.25, -0.2) is 0 Å². The molecule has 1 aliphatic heterocycles. The van der Waals surface area contributed by atoms with Crippen molar-refractivity contribution in [3.8, 4) is 5.75 Å². The Bertz CT molecular complexity index is 813. The number of hydrogen-bond donors (Lipinski definition) is 1. The average Bonchev–Trinajstić information content (AvgIpc) is 2.68. The molecule has 2 aromatic carbocycles. The van der Waals surface area contributed by atoms with E-state index in [9.17, 15) is 18.0 Å². The zero-order valence-corrected chi connectivity index (χ0v) is 16.4. The summed E-state index contributed by atoms with van der Waals surface area (Å²) in [6.07, 6.45) is -4.74. The highest BCUT2D eigenvalue weighted by Gasteiger charge is 2.31. The molecule has 1 amide bonds. The van der Waals surface area contributed by atoms with E-state index in [2.05, 4.69) is 33.7 Å². The number of carbonyl (C=O) groups excluding carboxylic acids is 1. The van der Waals surface area contributed by atoms with Gasteiger partial charge in [-0.05, 0) is 62.4 Å². The van der Waals surface area contributed by atoms with Crippen molar-refractivity contribution in [1.82, 2.24) is 4.90 Å². The number of anilines is 2. The number of benzene rings is 2. The van der Waals surface area contributed by atoms with Crippen LogP contribution in [0.1, 0.15) is 24.2 Å². The van der Waals surface area contributed by atoms with Gasteiger partial charge < -0.3 is 15.0 Å². The molecular weight excluding hydrogens is 383 g/mol. The Labute approximate surface area is 168 Å². The zero-order chi connectivity index (χ0) is 21.0. The summed E-state index contributed by atoms with van der Waals surface area (Å²) in [5.41, 5.74) is 1.93. The molecule has 0 radical (unpaired) electrons. The third kappa shape index (κ3) is 5.87. The van der Waals surface area contributed by atoms with E-state index in [4.69, 9.17) is 0 Å². The minimum atomic E-state index is -4.74. The van der Waals surface area contributed by atoms with E-state index >= 15 is 0 Å². The summed E-state index contributed by atoms with van der Waals surface area (Å²) in [6, 6.07) is 12.9. The Balaban J connectivity index is 1.57. The molecule has 0 aromatic heterocycles. The number of ether oxygens (including phenoxy) is 1. The first-order valence-corrected chi connectivity index (χ1v) is 9.47. The lowest BCUT2D eigenvalue weighted by atomic mass is 10.1. The molecule has 1 saturated heterocycles. The molecule has 29 heavy (non-hydrogen) atoms. The van der Waals surface area contributed by atoms with Crippen LogP contribution >= 0.6 is 0 Å². The molecule has 1 fully saturated rings. The zero-order valence-electron chi connectivity index (χ0n) is 16.4. The van der Waals surface area contributed by atoms with Crippen LogP contribution in [-0.2, 0) is 0 Å². The van der Waals surface area contributed by atoms with Gasteiger partial charge in [0.25, 0.3) is 5.91 Å². The Morgan fingerprint density at radius 3 is 2.07 bits per heavy atom. The largest absolute Gasteiger partial charge is 0.573 e. The Hall–Kier alpha value is -2.74. The minimum absolute atomic E-state index is 0.328. The molecule has 0 unspecified atom stereocenters. The maximum atomic E-state index is 12.4. The van der Waals surface area contributed by atoms with E-state index in [1.807, 2.05) is 12.1 Å². The first-order valence-electron chi connectivity index (χ1n) is 9.47. The maximum absolute atomic E-state index is 12.4. The van der Waals surface area contributed by atoms with Crippen LogP contribution in [0.5, 0.6) is 5.75 Å². The minimum Gasteiger partial charge on any atom is -0.406 e. The van der Waals surface area contributed by atoms with Crippen LogP contribution in [0.25, 0.3) is 0 Å². The number of alkyl halides is 3. The second-order valence-electron chi connectivity index (χ2n) is 7.19. The fourth-order valence-electron chi connectivity index (χ4n) is 3.26. The second-order valence-corrected chi connectivity index (χ2v) is 7.19. The SMILES string of the molecule is CC(C)N1CCN(c2ccc(C(=O)Nc3ccc(OC(F)(F)F)cc3)cc2)CC1. The predicted molar refractivity (Wildman–Crippen MR) is 106 cm³/mol. The van der Waals surface area contributed by atoms with Crippen molar-refractivity contribution in [1.29, 1.82) is 0 Å². The van der Waals surface area contributed by atoms with Crippen molar-refractivity contribution in [3.63, 3.8) is 0 Å². The summed E-state index contributed by atoms with van der Waals surface area (Å²) < 4.78 is 40.4. The Morgan fingerprint density at radius 1 is 0.966 bits per heavy atom. The number of nitrogens with zero attached hydrogens (tertiary/aromatic N) is 2. The van der Waals surface area contributed by atoms with Crippen molar-refractivity contribution in [3.05, 3.63) is 54.1 Å². The molecule has 1 heterocycles. The van der Waals surface area contributed by atoms with Crippen molar-refractivity contribution in [2.45, 2.75) is 26.3 Å². The molecule has 0 atom stereocenters. The van der Waals surface area contributed by atoms with Gasteiger partial charge in [-0.15, -0.1) is 13.2 Å². The van der Waals surface area contributed by atoms with Gasteiger partial charge in [0.2, 0.25) is 0 Å². The van der Waals surface area contributed by atoms with E-state index in [1.165, 1.54) is 12.1 Å². The van der Waals surface area contributed by atoms with Gasteiger partial charge in [0.1, 0.15) is 5.75 Å². The molecule has 0 bridgehead atoms. The summed E-state index contributed by atoms with van der Waals surface area (Å²) in [5, 5.41) is 2.67. The molecular formula is C21H24F3N3O2. The van der Waals surface area contributed by atoms with Crippen molar-refractivity contribution in [2.75, 3.05) is 36.4 Å². The Kier molecular flexibility index (Phi) is 6.32. The first-order chi connectivity index (χ1) is 13.7. The quantitative estimate of drug-likeness (QED) is 0.800. The van der Waals surface area contributed by atoms with Crippen LogP contribution in [-0.4, -0.2) is 49.4 Å². The number of rotatable bonds is 5. The summed E-state index contributed by atoms with van der Waals surface area (Å²) in [6.45, 7) is 8.29. The first kappa shape index (κ1) is 21.0. The number of amides is 1. The number of halogens is 3. The lowest BCUT2D eigenvalue weighted by Gasteiger charge is -2.38. The predicted octanol–water partition coefficient (Wildman–Crippen LogP) is 4.37. The number of carbonyl (C=O) groups is 1. The summed E-state index contributed by atoms with van der Waals surface area (Å²) >= 11 is 0. The van der Waals surface area contributed by atoms with Gasteiger partial charge in [-0.3, -0.25) is 9.69 Å². The van der Waals surface area contributed by atoms with Gasteiger partial charge >= 0.3 is 6.36 Å². The van der Waals surface area contributed by atoms with Crippen molar-refractivity contribution >= 4 is 17.3 Å². The molecule has 8 heteroatoms. The van der Waals surface area contributed by atoms with Crippen LogP contribution < -0.4 is 15.0 Å². The standard InChI is InChI=1S/C21H24F3N3O2/c1-15(2)26-11-13-27(14-12-26)18-7-3-16(4-8-18)20(28)25-17-5-9-19(10-6-17)29-21(22,23)24/h3-10,15H,11-14H2,1-2H3,(H,25,28). The molecule has 2 aromatic rings. The van der Waals surface area contributed by atoms with Gasteiger partial charge in [-0.2, -0.15) is 0 Å². The second kappa shape index (κ2) is 8.73. The topological polar surface area (TPSA) is 44.8 Å². The summed E-state index contributed by atoms with van der Waals surface area (Å²) in [5.74, 6) is -0.664. The van der Waals surface area contributed by atoms with Gasteiger partial charge in [-0.1, -0.05) is 0 Å². The van der Waals surface area contributed by atoms with Crippen LogP contribution in [0.4, 0.5) is 24.5 Å². The van der Waals surface area contributed by atoms with Crippen LogP contribution in [0.15, 0.2) is 48.5 Å². The van der Waals surface area contributed by atoms with E-state index in [-0.39, 0.29) is 11.7 Å². The fourth-order valence-corrected chi connectivity index (χ4v) is 3.26. The molecule has 1 N–H and O–H groups in total. The third-order valence-corrected chi connectivity index (χ3v) is 4.88. The van der Waals surface area contributed by atoms with E-state index in [1.54, 1.807) is 12.1 Å². The number of hydrogen-bond acceptors (Lipinski definition) is 4. The average molecular weight is 407 g/mol. The monoisotopic (exact) mass is 407 g/mol. The highest BCUT2D eigenvalue weighted by molar-refractivity contribution is 6.04. The fraction of sp³-hybridized carbons (Fsp3) is 0.381. The van der Waals surface area contributed by atoms with Crippen LogP contribution in [0, 0.1) is 0 Å². The Morgan fingerprint density at radius 2 is 1.55 bits per heavy atom.